The Balaban J connectivity index is 1.65. The maximum atomic E-state index is 13.6. The normalized spacial score (nSPS) is 14.4. The van der Waals surface area contributed by atoms with E-state index in [0.29, 0.717) is 56.3 Å². The molecule has 0 radical (unpaired) electrons. The van der Waals surface area contributed by atoms with Gasteiger partial charge >= 0.3 is 0 Å². The van der Waals surface area contributed by atoms with Crippen molar-refractivity contribution >= 4 is 23.2 Å². The summed E-state index contributed by atoms with van der Waals surface area (Å²) in [6.07, 6.45) is 0.375. The zero-order valence-electron chi connectivity index (χ0n) is 22.6. The molecule has 200 valence electrons. The number of pyridine rings is 1. The molecule has 3 heterocycles. The van der Waals surface area contributed by atoms with Gasteiger partial charge in [-0.1, -0.05) is 20.8 Å². The number of rotatable bonds is 8. The number of benzene rings is 1. The van der Waals surface area contributed by atoms with Crippen LogP contribution in [0.15, 0.2) is 18.2 Å². The van der Waals surface area contributed by atoms with Crippen LogP contribution in [-0.2, 0) is 12.0 Å². The van der Waals surface area contributed by atoms with Gasteiger partial charge in [0.2, 0.25) is 0 Å². The van der Waals surface area contributed by atoms with E-state index < -0.39 is 5.91 Å². The molecule has 1 aromatic heterocycles. The van der Waals surface area contributed by atoms with Crippen molar-refractivity contribution in [3.63, 3.8) is 0 Å². The van der Waals surface area contributed by atoms with E-state index in [2.05, 4.69) is 42.0 Å². The molecule has 10 nitrogen and oxygen atoms in total. The van der Waals surface area contributed by atoms with Gasteiger partial charge in [-0.2, -0.15) is 5.26 Å². The lowest BCUT2D eigenvalue weighted by Crippen LogP contribution is -2.35. The Labute approximate surface area is 223 Å². The molecule has 0 saturated heterocycles. The van der Waals surface area contributed by atoms with Crippen molar-refractivity contribution in [2.75, 3.05) is 44.8 Å². The molecule has 0 atom stereocenters. The lowest BCUT2D eigenvalue weighted by atomic mass is 9.84. The Hall–Kier alpha value is -4.13. The van der Waals surface area contributed by atoms with E-state index in [1.807, 2.05) is 19.1 Å². The Morgan fingerprint density at radius 1 is 1.26 bits per heavy atom. The predicted octanol–water partition coefficient (Wildman–Crippen LogP) is 3.27. The summed E-state index contributed by atoms with van der Waals surface area (Å²) in [4.78, 5) is 34.2. The molecule has 0 spiro atoms. The highest BCUT2D eigenvalue weighted by Gasteiger charge is 2.33. The number of ketones is 1. The summed E-state index contributed by atoms with van der Waals surface area (Å²) in [6, 6.07) is 7.65. The number of nitriles is 1. The van der Waals surface area contributed by atoms with E-state index in [-0.39, 0.29) is 29.3 Å². The molecule has 2 N–H and O–H groups in total. The highest BCUT2D eigenvalue weighted by Crippen LogP contribution is 2.42. The van der Waals surface area contributed by atoms with Crippen molar-refractivity contribution in [2.45, 2.75) is 46.1 Å². The highest BCUT2D eigenvalue weighted by atomic mass is 16.5. The first-order valence-corrected chi connectivity index (χ1v) is 12.8. The van der Waals surface area contributed by atoms with E-state index in [0.717, 1.165) is 22.6 Å². The van der Waals surface area contributed by atoms with Crippen LogP contribution in [0.3, 0.4) is 0 Å². The van der Waals surface area contributed by atoms with E-state index >= 15 is 0 Å². The third-order valence-electron chi connectivity index (χ3n) is 6.69. The number of Topliss-reactive ketones (excluding diaryl/α,β-unsaturated/α-hetero) is 1. The van der Waals surface area contributed by atoms with E-state index in [1.54, 1.807) is 11.0 Å². The van der Waals surface area contributed by atoms with E-state index in [9.17, 15) is 9.59 Å². The van der Waals surface area contributed by atoms with Gasteiger partial charge in [0, 0.05) is 36.8 Å². The highest BCUT2D eigenvalue weighted by molar-refractivity contribution is 6.06. The smallest absolute Gasteiger partial charge is 0.273 e. The fourth-order valence-corrected chi connectivity index (χ4v) is 4.75. The lowest BCUT2D eigenvalue weighted by Gasteiger charge is -2.35. The van der Waals surface area contributed by atoms with Gasteiger partial charge in [-0.3, -0.25) is 15.0 Å². The van der Waals surface area contributed by atoms with E-state index in [1.165, 1.54) is 7.05 Å². The van der Waals surface area contributed by atoms with Crippen LogP contribution < -0.4 is 19.7 Å². The summed E-state index contributed by atoms with van der Waals surface area (Å²) in [7, 11) is 1.51. The third kappa shape index (κ3) is 5.14. The minimum atomic E-state index is -0.398. The number of nitrogens with one attached hydrogen (secondary N) is 2. The van der Waals surface area contributed by atoms with Crippen molar-refractivity contribution in [3.05, 3.63) is 46.3 Å². The molecule has 2 aliphatic rings. The number of hydrogen-bond acceptors (Lipinski definition) is 8. The zero-order chi connectivity index (χ0) is 27.6. The summed E-state index contributed by atoms with van der Waals surface area (Å²) in [6.45, 7) is 10.4. The summed E-state index contributed by atoms with van der Waals surface area (Å²) < 4.78 is 11.7. The average Bonchev–Trinajstić information content (AvgIpc) is 3.19. The molecule has 0 unspecified atom stereocenters. The molecular formula is C28H34N6O4. The van der Waals surface area contributed by atoms with Crippen LogP contribution in [0.4, 0.5) is 5.69 Å². The van der Waals surface area contributed by atoms with Crippen LogP contribution in [-0.4, -0.2) is 67.3 Å². The molecule has 2 aromatic rings. The van der Waals surface area contributed by atoms with Gasteiger partial charge < -0.3 is 24.6 Å². The maximum Gasteiger partial charge on any atom is 0.273 e. The van der Waals surface area contributed by atoms with Gasteiger partial charge in [0.25, 0.3) is 5.91 Å². The van der Waals surface area contributed by atoms with Crippen molar-refractivity contribution in [3.8, 4) is 17.6 Å². The fourth-order valence-electron chi connectivity index (χ4n) is 4.75. The minimum absolute atomic E-state index is 0.0180. The zero-order valence-corrected chi connectivity index (χ0v) is 22.6. The van der Waals surface area contributed by atoms with E-state index in [4.69, 9.17) is 20.1 Å². The van der Waals surface area contributed by atoms with Crippen LogP contribution in [0, 0.1) is 16.7 Å². The summed E-state index contributed by atoms with van der Waals surface area (Å²) >= 11 is 0. The second kappa shape index (κ2) is 10.7. The average molecular weight is 519 g/mol. The largest absolute Gasteiger partial charge is 0.491 e. The van der Waals surface area contributed by atoms with Crippen LogP contribution in [0.25, 0.3) is 0 Å². The molecular weight excluding hydrogens is 484 g/mol. The van der Waals surface area contributed by atoms with Gasteiger partial charge in [0.15, 0.2) is 17.2 Å². The molecule has 38 heavy (non-hydrogen) atoms. The first-order chi connectivity index (χ1) is 18.1. The van der Waals surface area contributed by atoms with Crippen LogP contribution in [0.5, 0.6) is 11.5 Å². The Morgan fingerprint density at radius 3 is 2.68 bits per heavy atom. The third-order valence-corrected chi connectivity index (χ3v) is 6.69. The molecule has 2 aliphatic heterocycles. The van der Waals surface area contributed by atoms with Crippen LogP contribution in [0.1, 0.15) is 71.8 Å². The molecule has 0 fully saturated rings. The summed E-state index contributed by atoms with van der Waals surface area (Å²) in [5, 5.41) is 20.4. The van der Waals surface area contributed by atoms with Crippen molar-refractivity contribution in [1.82, 2.24) is 15.2 Å². The number of nitrogens with zero attached hydrogens (tertiary/aromatic N) is 4. The Kier molecular flexibility index (Phi) is 7.58. The molecule has 10 heteroatoms. The quantitative estimate of drug-likeness (QED) is 0.509. The number of amides is 1. The van der Waals surface area contributed by atoms with Gasteiger partial charge in [0.05, 0.1) is 37.9 Å². The number of ether oxygens (including phenoxy) is 2. The van der Waals surface area contributed by atoms with Crippen molar-refractivity contribution in [1.29, 1.82) is 10.7 Å². The SMILES string of the molecule is CCOc1cc2c(nc1C(=O)NC)C(=N)N(CC(=O)c1cc3c(c(C(C)(C)C)c1)OCCN3CCC#N)C2. The molecule has 0 saturated carbocycles. The summed E-state index contributed by atoms with van der Waals surface area (Å²) in [5.41, 5.74) is 3.23. The van der Waals surface area contributed by atoms with Crippen LogP contribution >= 0.6 is 0 Å². The van der Waals surface area contributed by atoms with Gasteiger partial charge in [-0.05, 0) is 30.5 Å². The number of anilines is 1. The second-order valence-corrected chi connectivity index (χ2v) is 10.3. The minimum Gasteiger partial charge on any atom is -0.491 e. The second-order valence-electron chi connectivity index (χ2n) is 10.3. The molecule has 1 aromatic carbocycles. The maximum absolute atomic E-state index is 13.6. The molecule has 0 bridgehead atoms. The predicted molar refractivity (Wildman–Crippen MR) is 143 cm³/mol. The molecule has 0 aliphatic carbocycles. The Morgan fingerprint density at radius 2 is 2.03 bits per heavy atom. The number of carbonyl (C=O) groups excluding carboxylic acids is 2. The van der Waals surface area contributed by atoms with Gasteiger partial charge in [0.1, 0.15) is 23.9 Å². The van der Waals surface area contributed by atoms with Crippen LogP contribution in [0.2, 0.25) is 0 Å². The van der Waals surface area contributed by atoms with Gasteiger partial charge in [-0.15, -0.1) is 0 Å². The number of hydrogen-bond donors (Lipinski definition) is 2. The number of amidine groups is 1. The molecule has 1 amide bonds. The summed E-state index contributed by atoms with van der Waals surface area (Å²) in [5.74, 6) is 0.667. The molecule has 4 rings (SSSR count). The van der Waals surface area contributed by atoms with Crippen molar-refractivity contribution in [2.24, 2.45) is 0 Å². The number of aromatic nitrogens is 1. The fraction of sp³-hybridized carbons (Fsp3) is 0.464. The Bertz CT molecular complexity index is 1320. The van der Waals surface area contributed by atoms with Crippen molar-refractivity contribution < 1.29 is 19.1 Å². The number of fused-ring (bicyclic) bond motifs is 2. The van der Waals surface area contributed by atoms with Gasteiger partial charge in [-0.25, -0.2) is 4.98 Å². The number of carbonyl (C=O) groups is 2. The first kappa shape index (κ1) is 26.9. The lowest BCUT2D eigenvalue weighted by molar-refractivity contribution is 0.0949. The monoisotopic (exact) mass is 518 g/mol. The standard InChI is InChI=1S/C28H34N6O4/c1-6-37-22-14-18-15-34(26(30)23(18)32-24(22)27(36)31-5)16-21(35)17-12-19(28(2,3)4)25-20(13-17)33(9-7-8-29)10-11-38-25/h12-14,30H,6-7,9-11,15-16H2,1-5H3,(H,31,36). The first-order valence-electron chi connectivity index (χ1n) is 12.8. The topological polar surface area (TPSA) is 132 Å².